The van der Waals surface area contributed by atoms with Crippen LogP contribution in [0.1, 0.15) is 46.5 Å². The second-order valence-electron chi connectivity index (χ2n) is 4.24. The molecule has 0 aromatic heterocycles. The predicted octanol–water partition coefficient (Wildman–Crippen LogP) is 2.81. The van der Waals surface area contributed by atoms with Gasteiger partial charge in [0.05, 0.1) is 0 Å². The third kappa shape index (κ3) is 2.48. The molecule has 0 bridgehead atoms. The zero-order valence-electron chi connectivity index (χ0n) is 8.77. The molecule has 0 saturated carbocycles. The highest BCUT2D eigenvalue weighted by molar-refractivity contribution is 4.80. The monoisotopic (exact) mass is 169 g/mol. The first-order chi connectivity index (χ1) is 5.77. The molecular formula is C11H23N. The molecule has 1 saturated heterocycles. The molecule has 0 radical (unpaired) electrons. The van der Waals surface area contributed by atoms with Gasteiger partial charge < -0.3 is 5.32 Å². The van der Waals surface area contributed by atoms with E-state index in [2.05, 4.69) is 26.1 Å². The lowest BCUT2D eigenvalue weighted by Crippen LogP contribution is -2.41. The van der Waals surface area contributed by atoms with Gasteiger partial charge in [-0.3, -0.25) is 0 Å². The van der Waals surface area contributed by atoms with Crippen LogP contribution >= 0.6 is 0 Å². The van der Waals surface area contributed by atoms with Crippen LogP contribution in [0.4, 0.5) is 0 Å². The Bertz CT molecular complexity index is 120. The van der Waals surface area contributed by atoms with Gasteiger partial charge in [0.15, 0.2) is 0 Å². The van der Waals surface area contributed by atoms with Crippen molar-refractivity contribution < 1.29 is 0 Å². The molecule has 1 rings (SSSR count). The molecule has 72 valence electrons. The average molecular weight is 169 g/mol. The molecule has 0 aliphatic carbocycles. The molecule has 0 amide bonds. The summed E-state index contributed by atoms with van der Waals surface area (Å²) < 4.78 is 0. The third-order valence-corrected chi connectivity index (χ3v) is 3.45. The van der Waals surface area contributed by atoms with E-state index in [1.165, 1.54) is 32.2 Å². The van der Waals surface area contributed by atoms with Crippen LogP contribution in [0.3, 0.4) is 0 Å². The fourth-order valence-corrected chi connectivity index (χ4v) is 2.12. The van der Waals surface area contributed by atoms with Gasteiger partial charge >= 0.3 is 0 Å². The highest BCUT2D eigenvalue weighted by Crippen LogP contribution is 2.24. The molecule has 1 heterocycles. The minimum atomic E-state index is 0.800. The Balaban J connectivity index is 2.34. The second-order valence-corrected chi connectivity index (χ2v) is 4.24. The minimum absolute atomic E-state index is 0.800. The normalized spacial score (nSPS) is 33.2. The number of hydrogen-bond donors (Lipinski definition) is 1. The maximum absolute atomic E-state index is 3.63. The zero-order valence-corrected chi connectivity index (χ0v) is 8.77. The summed E-state index contributed by atoms with van der Waals surface area (Å²) in [4.78, 5) is 0. The lowest BCUT2D eigenvalue weighted by Gasteiger charge is -2.33. The van der Waals surface area contributed by atoms with Crippen LogP contribution in [0.25, 0.3) is 0 Å². The van der Waals surface area contributed by atoms with Crippen molar-refractivity contribution in [2.45, 2.75) is 52.5 Å². The van der Waals surface area contributed by atoms with Crippen molar-refractivity contribution in [3.05, 3.63) is 0 Å². The Kier molecular flexibility index (Phi) is 4.07. The number of nitrogens with one attached hydrogen (secondary N) is 1. The summed E-state index contributed by atoms with van der Waals surface area (Å²) in [5, 5.41) is 3.63. The van der Waals surface area contributed by atoms with Crippen molar-refractivity contribution in [3.63, 3.8) is 0 Å². The van der Waals surface area contributed by atoms with E-state index in [0.29, 0.717) is 0 Å². The summed E-state index contributed by atoms with van der Waals surface area (Å²) in [5.74, 6) is 1.85. The summed E-state index contributed by atoms with van der Waals surface area (Å²) in [6.07, 6.45) is 5.48. The van der Waals surface area contributed by atoms with Crippen LogP contribution in [-0.2, 0) is 0 Å². The van der Waals surface area contributed by atoms with E-state index < -0.39 is 0 Å². The zero-order chi connectivity index (χ0) is 8.97. The molecule has 1 fully saturated rings. The van der Waals surface area contributed by atoms with E-state index in [1.54, 1.807) is 0 Å². The summed E-state index contributed by atoms with van der Waals surface area (Å²) in [6.45, 7) is 8.23. The molecule has 3 unspecified atom stereocenters. The van der Waals surface area contributed by atoms with E-state index in [9.17, 15) is 0 Å². The third-order valence-electron chi connectivity index (χ3n) is 3.45. The van der Waals surface area contributed by atoms with E-state index >= 15 is 0 Å². The average Bonchev–Trinajstić information content (AvgIpc) is 2.17. The first-order valence-corrected chi connectivity index (χ1v) is 5.51. The van der Waals surface area contributed by atoms with Gasteiger partial charge in [-0.2, -0.15) is 0 Å². The molecule has 1 N–H and O–H groups in total. The summed E-state index contributed by atoms with van der Waals surface area (Å²) in [6, 6.07) is 0.800. The van der Waals surface area contributed by atoms with Gasteiger partial charge in [0.1, 0.15) is 0 Å². The molecule has 1 aliphatic rings. The van der Waals surface area contributed by atoms with Crippen molar-refractivity contribution in [1.29, 1.82) is 0 Å². The van der Waals surface area contributed by atoms with Gasteiger partial charge in [0.25, 0.3) is 0 Å². The largest absolute Gasteiger partial charge is 0.314 e. The maximum atomic E-state index is 3.63. The van der Waals surface area contributed by atoms with Crippen molar-refractivity contribution >= 4 is 0 Å². The Morgan fingerprint density at radius 2 is 2.17 bits per heavy atom. The molecule has 1 heteroatoms. The molecule has 1 nitrogen and oxygen atoms in total. The molecule has 0 spiro atoms. The van der Waals surface area contributed by atoms with Gasteiger partial charge in [0, 0.05) is 6.04 Å². The summed E-state index contributed by atoms with van der Waals surface area (Å²) in [7, 11) is 0. The van der Waals surface area contributed by atoms with Crippen LogP contribution < -0.4 is 5.32 Å². The Labute approximate surface area is 76.9 Å². The van der Waals surface area contributed by atoms with Gasteiger partial charge in [-0.15, -0.1) is 0 Å². The lowest BCUT2D eigenvalue weighted by molar-refractivity contribution is 0.238. The topological polar surface area (TPSA) is 12.0 Å². The SMILES string of the molecule is CCC1CCNC(C(C)CC)C1. The van der Waals surface area contributed by atoms with Crippen molar-refractivity contribution in [3.8, 4) is 0 Å². The van der Waals surface area contributed by atoms with Crippen molar-refractivity contribution in [2.75, 3.05) is 6.54 Å². The molecule has 0 aromatic rings. The smallest absolute Gasteiger partial charge is 0.00952 e. The highest BCUT2D eigenvalue weighted by atomic mass is 14.9. The minimum Gasteiger partial charge on any atom is -0.314 e. The number of rotatable bonds is 3. The van der Waals surface area contributed by atoms with Gasteiger partial charge in [-0.05, 0) is 31.2 Å². The fourth-order valence-electron chi connectivity index (χ4n) is 2.12. The van der Waals surface area contributed by atoms with Gasteiger partial charge in [-0.1, -0.05) is 33.6 Å². The van der Waals surface area contributed by atoms with Crippen molar-refractivity contribution in [1.82, 2.24) is 5.32 Å². The number of piperidine rings is 1. The first kappa shape index (κ1) is 10.0. The predicted molar refractivity (Wildman–Crippen MR) is 54.3 cm³/mol. The number of hydrogen-bond acceptors (Lipinski definition) is 1. The van der Waals surface area contributed by atoms with Crippen LogP contribution in [0.2, 0.25) is 0 Å². The Morgan fingerprint density at radius 3 is 2.75 bits per heavy atom. The standard InChI is InChI=1S/C11H23N/c1-4-9(3)11-8-10(5-2)6-7-12-11/h9-12H,4-8H2,1-3H3. The fraction of sp³-hybridized carbons (Fsp3) is 1.00. The molecule has 12 heavy (non-hydrogen) atoms. The van der Waals surface area contributed by atoms with Crippen LogP contribution in [-0.4, -0.2) is 12.6 Å². The Morgan fingerprint density at radius 1 is 1.42 bits per heavy atom. The summed E-state index contributed by atoms with van der Waals surface area (Å²) in [5.41, 5.74) is 0. The van der Waals surface area contributed by atoms with E-state index in [4.69, 9.17) is 0 Å². The second kappa shape index (κ2) is 4.86. The highest BCUT2D eigenvalue weighted by Gasteiger charge is 2.23. The van der Waals surface area contributed by atoms with E-state index in [0.717, 1.165) is 17.9 Å². The summed E-state index contributed by atoms with van der Waals surface area (Å²) >= 11 is 0. The van der Waals surface area contributed by atoms with Gasteiger partial charge in [0.2, 0.25) is 0 Å². The van der Waals surface area contributed by atoms with Crippen LogP contribution in [0.5, 0.6) is 0 Å². The molecule has 3 atom stereocenters. The molecule has 0 aromatic carbocycles. The Hall–Kier alpha value is -0.0400. The quantitative estimate of drug-likeness (QED) is 0.685. The first-order valence-electron chi connectivity index (χ1n) is 5.51. The molecule has 1 aliphatic heterocycles. The van der Waals surface area contributed by atoms with E-state index in [1.807, 2.05) is 0 Å². The van der Waals surface area contributed by atoms with Crippen LogP contribution in [0, 0.1) is 11.8 Å². The van der Waals surface area contributed by atoms with Gasteiger partial charge in [-0.25, -0.2) is 0 Å². The molecular weight excluding hydrogens is 146 g/mol. The van der Waals surface area contributed by atoms with E-state index in [-0.39, 0.29) is 0 Å². The maximum Gasteiger partial charge on any atom is 0.00952 e. The van der Waals surface area contributed by atoms with Crippen molar-refractivity contribution in [2.24, 2.45) is 11.8 Å². The van der Waals surface area contributed by atoms with Crippen LogP contribution in [0.15, 0.2) is 0 Å². The lowest BCUT2D eigenvalue weighted by atomic mass is 9.84.